The first-order valence-corrected chi connectivity index (χ1v) is 12.6. The highest BCUT2D eigenvalue weighted by Gasteiger charge is 2.41. The minimum absolute atomic E-state index is 0.149. The third-order valence-corrected chi connectivity index (χ3v) is 6.89. The lowest BCUT2D eigenvalue weighted by Gasteiger charge is -2.29. The molecule has 0 aromatic rings. The van der Waals surface area contributed by atoms with Crippen molar-refractivity contribution < 1.29 is 27.8 Å². The largest absolute Gasteiger partial charge is 0.456 e. The van der Waals surface area contributed by atoms with Crippen molar-refractivity contribution >= 4 is 28.6 Å². The Morgan fingerprint density at radius 1 is 1.17 bits per heavy atom. The van der Waals surface area contributed by atoms with E-state index in [9.17, 15) is 13.6 Å². The van der Waals surface area contributed by atoms with Gasteiger partial charge in [-0.05, 0) is 44.4 Å². The van der Waals surface area contributed by atoms with E-state index in [1.54, 1.807) is 0 Å². The van der Waals surface area contributed by atoms with Crippen LogP contribution in [-0.2, 0) is 19.0 Å². The van der Waals surface area contributed by atoms with Gasteiger partial charge in [-0.15, -0.1) is 0 Å². The highest BCUT2D eigenvalue weighted by Crippen LogP contribution is 2.34. The van der Waals surface area contributed by atoms with E-state index in [0.717, 1.165) is 45.3 Å². The van der Waals surface area contributed by atoms with Crippen LogP contribution in [0.4, 0.5) is 8.78 Å². The molecule has 0 spiro atoms. The Labute approximate surface area is 194 Å². The predicted octanol–water partition coefficient (Wildman–Crippen LogP) is 6.84. The quantitative estimate of drug-likeness (QED) is 0.0980. The van der Waals surface area contributed by atoms with Gasteiger partial charge >= 0.3 is 5.97 Å². The summed E-state index contributed by atoms with van der Waals surface area (Å²) in [5.41, 5.74) is 0. The number of alkyl halides is 3. The van der Waals surface area contributed by atoms with E-state index >= 15 is 0 Å². The van der Waals surface area contributed by atoms with Crippen molar-refractivity contribution in [2.24, 2.45) is 5.92 Å². The molecule has 1 unspecified atom stereocenters. The van der Waals surface area contributed by atoms with Crippen LogP contribution in [-0.4, -0.2) is 41.4 Å². The van der Waals surface area contributed by atoms with Gasteiger partial charge in [-0.2, -0.15) is 0 Å². The van der Waals surface area contributed by atoms with Crippen molar-refractivity contribution in [1.82, 2.24) is 0 Å². The number of hydrogen-bond donors (Lipinski definition) is 0. The summed E-state index contributed by atoms with van der Waals surface area (Å²) in [5, 5.41) is 0. The fraction of sp³-hybridized carbons (Fsp3) is 0.870. The molecule has 0 aromatic carbocycles. The number of halogens is 3. The molecule has 1 aliphatic heterocycles. The van der Waals surface area contributed by atoms with Crippen LogP contribution >= 0.6 is 22.6 Å². The molecule has 0 bridgehead atoms. The van der Waals surface area contributed by atoms with E-state index in [1.165, 1.54) is 6.92 Å². The van der Waals surface area contributed by atoms with Crippen molar-refractivity contribution in [1.29, 1.82) is 0 Å². The van der Waals surface area contributed by atoms with Crippen LogP contribution in [0.1, 0.15) is 85.0 Å². The van der Waals surface area contributed by atoms with Gasteiger partial charge in [-0.1, -0.05) is 61.4 Å². The number of unbranched alkanes of at least 4 members (excludes halogenated alkanes) is 1. The maximum Gasteiger partial charge on any atom is 0.303 e. The van der Waals surface area contributed by atoms with Gasteiger partial charge < -0.3 is 14.2 Å². The van der Waals surface area contributed by atoms with Gasteiger partial charge in [-0.3, -0.25) is 4.79 Å². The van der Waals surface area contributed by atoms with Gasteiger partial charge in [0.05, 0.1) is 13.2 Å². The third-order valence-electron chi connectivity index (χ3n) is 5.37. The molecular weight excluding hydrogens is 505 g/mol. The van der Waals surface area contributed by atoms with Crippen LogP contribution < -0.4 is 0 Å². The smallest absolute Gasteiger partial charge is 0.303 e. The van der Waals surface area contributed by atoms with Gasteiger partial charge in [-0.25, -0.2) is 8.78 Å². The summed E-state index contributed by atoms with van der Waals surface area (Å²) in [5.74, 6) is -3.30. The molecule has 1 rings (SSSR count). The second kappa shape index (κ2) is 15.5. The first kappa shape index (κ1) is 27.8. The molecule has 4 nitrogen and oxygen atoms in total. The lowest BCUT2D eigenvalue weighted by atomic mass is 9.89. The number of hydrogen-bond acceptors (Lipinski definition) is 4. The van der Waals surface area contributed by atoms with E-state index in [1.807, 2.05) is 6.92 Å². The Bertz CT molecular complexity index is 496. The fourth-order valence-electron chi connectivity index (χ4n) is 3.67. The molecule has 1 fully saturated rings. The van der Waals surface area contributed by atoms with Crippen LogP contribution in [0.2, 0.25) is 0 Å². The zero-order valence-corrected chi connectivity index (χ0v) is 20.9. The Morgan fingerprint density at radius 3 is 2.47 bits per heavy atom. The molecule has 0 amide bonds. The average molecular weight is 544 g/mol. The maximum atomic E-state index is 14.6. The van der Waals surface area contributed by atoms with E-state index in [2.05, 4.69) is 41.7 Å². The van der Waals surface area contributed by atoms with Crippen molar-refractivity contribution in [3.8, 4) is 0 Å². The third kappa shape index (κ3) is 11.4. The lowest BCUT2D eigenvalue weighted by molar-refractivity contribution is -0.175. The summed E-state index contributed by atoms with van der Waals surface area (Å²) < 4.78 is 45.6. The monoisotopic (exact) mass is 544 g/mol. The SMILES string of the molecule is CCCCC(F)(F)C(CC[C@@H](CCC)[C@H](I)C/C=C\CC1OCCCO1)OC(C)=O. The molecule has 1 saturated heterocycles. The summed E-state index contributed by atoms with van der Waals surface area (Å²) in [6.07, 6.45) is 9.00. The van der Waals surface area contributed by atoms with Gasteiger partial charge in [0, 0.05) is 23.7 Å². The summed E-state index contributed by atoms with van der Waals surface area (Å²) in [7, 11) is 0. The molecular formula is C23H39F2IO4. The second-order valence-electron chi connectivity index (χ2n) is 8.07. The zero-order valence-electron chi connectivity index (χ0n) is 18.7. The number of carbonyl (C=O) groups excluding carboxylic acids is 1. The number of allylic oxidation sites excluding steroid dienone is 1. The molecule has 30 heavy (non-hydrogen) atoms. The minimum atomic E-state index is -2.97. The molecule has 0 aromatic heterocycles. The fourth-order valence-corrected chi connectivity index (χ4v) is 4.68. The molecule has 1 heterocycles. The first-order chi connectivity index (χ1) is 14.3. The van der Waals surface area contributed by atoms with Crippen LogP contribution in [0, 0.1) is 5.92 Å². The summed E-state index contributed by atoms with van der Waals surface area (Å²) in [6, 6.07) is 0. The van der Waals surface area contributed by atoms with Crippen molar-refractivity contribution in [3.05, 3.63) is 12.2 Å². The zero-order chi connectivity index (χ0) is 22.4. The molecule has 0 aliphatic carbocycles. The maximum absolute atomic E-state index is 14.6. The number of carbonyl (C=O) groups is 1. The predicted molar refractivity (Wildman–Crippen MR) is 124 cm³/mol. The molecule has 7 heteroatoms. The Hall–Kier alpha value is -0.280. The van der Waals surface area contributed by atoms with E-state index in [0.29, 0.717) is 29.1 Å². The van der Waals surface area contributed by atoms with E-state index < -0.39 is 18.0 Å². The Balaban J connectivity index is 2.57. The summed E-state index contributed by atoms with van der Waals surface area (Å²) >= 11 is 2.43. The van der Waals surface area contributed by atoms with Gasteiger partial charge in [0.25, 0.3) is 5.92 Å². The van der Waals surface area contributed by atoms with Crippen LogP contribution in [0.3, 0.4) is 0 Å². The Morgan fingerprint density at radius 2 is 1.87 bits per heavy atom. The number of esters is 1. The van der Waals surface area contributed by atoms with Crippen molar-refractivity contribution in [3.63, 3.8) is 0 Å². The molecule has 0 N–H and O–H groups in total. The average Bonchev–Trinajstić information content (AvgIpc) is 2.72. The van der Waals surface area contributed by atoms with Crippen molar-refractivity contribution in [2.75, 3.05) is 13.2 Å². The molecule has 1 aliphatic rings. The van der Waals surface area contributed by atoms with Gasteiger partial charge in [0.1, 0.15) is 0 Å². The Kier molecular flexibility index (Phi) is 14.3. The first-order valence-electron chi connectivity index (χ1n) is 11.4. The minimum Gasteiger partial charge on any atom is -0.456 e. The molecule has 3 atom stereocenters. The number of rotatable bonds is 15. The van der Waals surface area contributed by atoms with E-state index in [4.69, 9.17) is 14.2 Å². The summed E-state index contributed by atoms with van der Waals surface area (Å²) in [4.78, 5) is 11.4. The molecule has 176 valence electrons. The second-order valence-corrected chi connectivity index (χ2v) is 9.67. The van der Waals surface area contributed by atoms with Crippen LogP contribution in [0.5, 0.6) is 0 Å². The van der Waals surface area contributed by atoms with Gasteiger partial charge in [0.2, 0.25) is 0 Å². The molecule has 0 saturated carbocycles. The standard InChI is InChI=1S/C23H39F2IO4/c1-4-6-15-23(24,25)21(30-18(3)27)14-13-19(10-5-2)20(26)11-7-8-12-22-28-16-9-17-29-22/h7-8,19-22H,4-6,9-17H2,1-3H3/b8-7-/t19-,20-,21?/m1/s1. The highest BCUT2D eigenvalue weighted by atomic mass is 127. The van der Waals surface area contributed by atoms with Gasteiger partial charge in [0.15, 0.2) is 12.4 Å². The highest BCUT2D eigenvalue weighted by molar-refractivity contribution is 14.1. The molecule has 0 radical (unpaired) electrons. The van der Waals surface area contributed by atoms with E-state index in [-0.39, 0.29) is 19.1 Å². The normalized spacial score (nSPS) is 19.0. The topological polar surface area (TPSA) is 44.8 Å². The van der Waals surface area contributed by atoms with Crippen LogP contribution in [0.15, 0.2) is 12.2 Å². The van der Waals surface area contributed by atoms with Crippen LogP contribution in [0.25, 0.3) is 0 Å². The summed E-state index contributed by atoms with van der Waals surface area (Å²) in [6.45, 7) is 6.70. The van der Waals surface area contributed by atoms with Crippen molar-refractivity contribution in [2.45, 2.75) is 107 Å². The number of ether oxygens (including phenoxy) is 3. The lowest BCUT2D eigenvalue weighted by Crippen LogP contribution is -2.38.